The van der Waals surface area contributed by atoms with Crippen LogP contribution in [0.15, 0.2) is 34.8 Å². The lowest BCUT2D eigenvalue weighted by atomic mass is 9.97. The van der Waals surface area contributed by atoms with Gasteiger partial charge in [-0.05, 0) is 28.1 Å². The molecule has 0 saturated heterocycles. The van der Waals surface area contributed by atoms with Gasteiger partial charge in [0, 0.05) is 27.4 Å². The van der Waals surface area contributed by atoms with Gasteiger partial charge in [0.2, 0.25) is 0 Å². The van der Waals surface area contributed by atoms with Gasteiger partial charge in [-0.15, -0.1) is 11.3 Å². The van der Waals surface area contributed by atoms with Crippen molar-refractivity contribution in [3.05, 3.63) is 49.6 Å². The Morgan fingerprint density at radius 1 is 1.39 bits per heavy atom. The predicted octanol–water partition coefficient (Wildman–Crippen LogP) is 4.69. The van der Waals surface area contributed by atoms with Crippen LogP contribution < -0.4 is 10.5 Å². The zero-order valence-electron chi connectivity index (χ0n) is 9.40. The van der Waals surface area contributed by atoms with Crippen molar-refractivity contribution in [1.29, 1.82) is 0 Å². The molecule has 0 spiro atoms. The van der Waals surface area contributed by atoms with Crippen molar-refractivity contribution in [2.75, 3.05) is 0 Å². The maximum atomic E-state index is 6.20. The maximum Gasteiger partial charge on any atom is 0.135 e. The van der Waals surface area contributed by atoms with Crippen molar-refractivity contribution in [2.24, 2.45) is 5.73 Å². The van der Waals surface area contributed by atoms with Crippen LogP contribution in [0, 0.1) is 0 Å². The predicted molar refractivity (Wildman–Crippen MR) is 78.4 cm³/mol. The van der Waals surface area contributed by atoms with E-state index in [1.165, 1.54) is 11.3 Å². The first-order valence-corrected chi connectivity index (χ1v) is 7.60. The minimum atomic E-state index is -0.0105. The molecule has 0 aliphatic carbocycles. The highest BCUT2D eigenvalue weighted by molar-refractivity contribution is 9.10. The van der Waals surface area contributed by atoms with Gasteiger partial charge in [0.25, 0.3) is 0 Å². The first kappa shape index (κ1) is 12.5. The zero-order valence-corrected chi connectivity index (χ0v) is 12.6. The van der Waals surface area contributed by atoms with Crippen molar-refractivity contribution < 1.29 is 4.74 Å². The lowest BCUT2D eigenvalue weighted by Crippen LogP contribution is -2.23. The molecule has 2 aromatic rings. The van der Waals surface area contributed by atoms with Crippen LogP contribution in [0.2, 0.25) is 4.34 Å². The number of hydrogen-bond acceptors (Lipinski definition) is 3. The summed E-state index contributed by atoms with van der Waals surface area (Å²) in [5.74, 6) is 0.877. The van der Waals surface area contributed by atoms with Crippen LogP contribution in [0.5, 0.6) is 5.75 Å². The third-order valence-corrected chi connectivity index (χ3v) is 5.60. The second-order valence-corrected chi connectivity index (χ2v) is 6.80. The van der Waals surface area contributed by atoms with E-state index in [4.69, 9.17) is 22.1 Å². The topological polar surface area (TPSA) is 35.2 Å². The van der Waals surface area contributed by atoms with E-state index in [1.807, 2.05) is 30.3 Å². The molecule has 2 N–H and O–H groups in total. The summed E-state index contributed by atoms with van der Waals surface area (Å²) in [6.07, 6.45) is 0.768. The van der Waals surface area contributed by atoms with Gasteiger partial charge in [-0.2, -0.15) is 0 Å². The van der Waals surface area contributed by atoms with E-state index in [2.05, 4.69) is 15.9 Å². The molecule has 5 heteroatoms. The molecule has 94 valence electrons. The first-order valence-electron chi connectivity index (χ1n) is 5.61. The summed E-state index contributed by atoms with van der Waals surface area (Å²) in [5, 5.41) is 0. The largest absolute Gasteiger partial charge is 0.484 e. The Labute approximate surface area is 123 Å². The molecule has 0 bridgehead atoms. The fraction of sp³-hybridized carbons (Fsp3) is 0.231. The van der Waals surface area contributed by atoms with Gasteiger partial charge in [-0.1, -0.05) is 29.8 Å². The Bertz CT molecular complexity index is 567. The highest BCUT2D eigenvalue weighted by Crippen LogP contribution is 2.43. The highest BCUT2D eigenvalue weighted by atomic mass is 79.9. The van der Waals surface area contributed by atoms with E-state index in [1.54, 1.807) is 0 Å². The molecule has 3 rings (SSSR count). The third-order valence-electron chi connectivity index (χ3n) is 3.04. The molecule has 1 unspecified atom stereocenters. The normalized spacial score (nSPS) is 22.4. The molecular formula is C13H11BrClNOS. The summed E-state index contributed by atoms with van der Waals surface area (Å²) in [4.78, 5) is 1.11. The van der Waals surface area contributed by atoms with E-state index >= 15 is 0 Å². The van der Waals surface area contributed by atoms with Gasteiger partial charge in [-0.3, -0.25) is 0 Å². The highest BCUT2D eigenvalue weighted by Gasteiger charge is 2.28. The van der Waals surface area contributed by atoms with Crippen molar-refractivity contribution in [1.82, 2.24) is 0 Å². The average Bonchev–Trinajstić information content (AvgIpc) is 2.70. The lowest BCUT2D eigenvalue weighted by molar-refractivity contribution is 0.165. The number of thiophene rings is 1. The van der Waals surface area contributed by atoms with E-state index < -0.39 is 0 Å². The molecule has 1 aromatic carbocycles. The molecule has 1 aliphatic rings. The first-order chi connectivity index (χ1) is 8.65. The van der Waals surface area contributed by atoms with Crippen molar-refractivity contribution >= 4 is 38.9 Å². The van der Waals surface area contributed by atoms with Crippen LogP contribution in [0.25, 0.3) is 0 Å². The Hall–Kier alpha value is -0.550. The van der Waals surface area contributed by atoms with Crippen LogP contribution in [-0.2, 0) is 0 Å². The molecule has 2 heterocycles. The molecule has 2 atom stereocenters. The van der Waals surface area contributed by atoms with Gasteiger partial charge in [0.1, 0.15) is 16.2 Å². The molecular weight excluding hydrogens is 334 g/mol. The van der Waals surface area contributed by atoms with Crippen LogP contribution in [-0.4, -0.2) is 0 Å². The number of benzene rings is 1. The number of halogens is 2. The maximum absolute atomic E-state index is 6.20. The Morgan fingerprint density at radius 2 is 2.17 bits per heavy atom. The molecule has 1 aromatic heterocycles. The van der Waals surface area contributed by atoms with E-state index in [0.717, 1.165) is 31.4 Å². The van der Waals surface area contributed by atoms with Crippen molar-refractivity contribution in [3.63, 3.8) is 0 Å². The van der Waals surface area contributed by atoms with Crippen molar-refractivity contribution in [3.8, 4) is 5.75 Å². The number of rotatable bonds is 1. The Kier molecular flexibility index (Phi) is 3.36. The summed E-state index contributed by atoms with van der Waals surface area (Å²) in [6.45, 7) is 0. The molecule has 0 radical (unpaired) electrons. The van der Waals surface area contributed by atoms with E-state index in [0.29, 0.717) is 0 Å². The average molecular weight is 345 g/mol. The second kappa shape index (κ2) is 4.85. The molecule has 18 heavy (non-hydrogen) atoms. The van der Waals surface area contributed by atoms with Crippen LogP contribution in [0.3, 0.4) is 0 Å². The molecule has 2 nitrogen and oxygen atoms in total. The van der Waals surface area contributed by atoms with Gasteiger partial charge in [-0.25, -0.2) is 0 Å². The SMILES string of the molecule is N[C@H]1CC(c2cc(Br)c(Cl)s2)Oc2ccccc21. The molecule has 1 aliphatic heterocycles. The number of hydrogen-bond donors (Lipinski definition) is 1. The van der Waals surface area contributed by atoms with E-state index in [-0.39, 0.29) is 12.1 Å². The summed E-state index contributed by atoms with van der Waals surface area (Å²) < 4.78 is 7.68. The Morgan fingerprint density at radius 3 is 2.89 bits per heavy atom. The Balaban J connectivity index is 1.94. The fourth-order valence-electron chi connectivity index (χ4n) is 2.15. The number of para-hydroxylation sites is 1. The molecule has 0 fully saturated rings. The van der Waals surface area contributed by atoms with Gasteiger partial charge < -0.3 is 10.5 Å². The minimum Gasteiger partial charge on any atom is -0.484 e. The van der Waals surface area contributed by atoms with Gasteiger partial charge >= 0.3 is 0 Å². The minimum absolute atomic E-state index is 0.0105. The summed E-state index contributed by atoms with van der Waals surface area (Å²) in [6, 6.07) is 9.96. The smallest absolute Gasteiger partial charge is 0.135 e. The number of ether oxygens (including phenoxy) is 1. The number of nitrogens with two attached hydrogens (primary N) is 1. The van der Waals surface area contributed by atoms with Gasteiger partial charge in [0.05, 0.1) is 0 Å². The lowest BCUT2D eigenvalue weighted by Gasteiger charge is -2.29. The van der Waals surface area contributed by atoms with Gasteiger partial charge in [0.15, 0.2) is 0 Å². The molecule has 0 amide bonds. The second-order valence-electron chi connectivity index (χ2n) is 4.26. The number of fused-ring (bicyclic) bond motifs is 1. The summed E-state index contributed by atoms with van der Waals surface area (Å²) in [5.41, 5.74) is 7.28. The fourth-order valence-corrected chi connectivity index (χ4v) is 3.93. The summed E-state index contributed by atoms with van der Waals surface area (Å²) in [7, 11) is 0. The third kappa shape index (κ3) is 2.18. The molecule has 0 saturated carbocycles. The van der Waals surface area contributed by atoms with Crippen molar-refractivity contribution in [2.45, 2.75) is 18.6 Å². The monoisotopic (exact) mass is 343 g/mol. The quantitative estimate of drug-likeness (QED) is 0.814. The van der Waals surface area contributed by atoms with Crippen LogP contribution >= 0.6 is 38.9 Å². The van der Waals surface area contributed by atoms with Crippen LogP contribution in [0.1, 0.15) is 29.0 Å². The summed E-state index contributed by atoms with van der Waals surface area (Å²) >= 11 is 11.0. The zero-order chi connectivity index (χ0) is 12.7. The van der Waals surface area contributed by atoms with E-state index in [9.17, 15) is 0 Å². The standard InChI is InChI=1S/C13H11BrClNOS/c14-8-5-12(18-13(8)15)11-6-9(16)7-3-1-2-4-10(7)17-11/h1-5,9,11H,6,16H2/t9-,11?/m0/s1. The van der Waals surface area contributed by atoms with Crippen LogP contribution in [0.4, 0.5) is 0 Å².